The second-order valence-electron chi connectivity index (χ2n) is 7.19. The lowest BCUT2D eigenvalue weighted by Gasteiger charge is -2.11. The van der Waals surface area contributed by atoms with Crippen LogP contribution in [0, 0.1) is 6.92 Å². The first-order valence-corrected chi connectivity index (χ1v) is 9.77. The molecule has 5 nitrogen and oxygen atoms in total. The minimum Gasteiger partial charge on any atom is -0.355 e. The molecule has 1 heterocycles. The van der Waals surface area contributed by atoms with Crippen LogP contribution in [0.15, 0.2) is 84.9 Å². The van der Waals surface area contributed by atoms with Gasteiger partial charge in [0.05, 0.1) is 5.69 Å². The number of aromatic nitrogens is 2. The molecule has 0 fully saturated rings. The Balaban J connectivity index is 1.63. The van der Waals surface area contributed by atoms with Gasteiger partial charge in [0.2, 0.25) is 0 Å². The highest BCUT2D eigenvalue weighted by molar-refractivity contribution is 6.03. The Hall–Kier alpha value is -4.07. The number of carbonyl (C=O) groups excluding carboxylic acids is 1. The SMILES string of the molecule is Cc1cccc(-n2nc(C(F)(F)F)cc2C(=O)Nc2cccc(Nc3ccccc3)c2)c1. The van der Waals surface area contributed by atoms with E-state index in [0.717, 1.165) is 27.7 Å². The van der Waals surface area contributed by atoms with Crippen LogP contribution in [-0.2, 0) is 6.18 Å². The summed E-state index contributed by atoms with van der Waals surface area (Å²) in [7, 11) is 0. The predicted octanol–water partition coefficient (Wildman–Crippen LogP) is 6.20. The van der Waals surface area contributed by atoms with Gasteiger partial charge in [-0.3, -0.25) is 4.79 Å². The van der Waals surface area contributed by atoms with Gasteiger partial charge in [0.1, 0.15) is 5.69 Å². The highest BCUT2D eigenvalue weighted by atomic mass is 19.4. The topological polar surface area (TPSA) is 59.0 Å². The number of benzene rings is 3. The summed E-state index contributed by atoms with van der Waals surface area (Å²) in [6.45, 7) is 1.81. The standard InChI is InChI=1S/C24H19F3N4O/c1-16-7-5-12-20(13-16)31-21(15-22(30-31)24(25,26)27)23(32)29-19-11-6-10-18(14-19)28-17-8-3-2-4-9-17/h2-15,28H,1H3,(H,29,32). The molecular formula is C24H19F3N4O. The normalized spacial score (nSPS) is 11.2. The molecule has 32 heavy (non-hydrogen) atoms. The van der Waals surface area contributed by atoms with Crippen molar-refractivity contribution in [1.82, 2.24) is 9.78 Å². The van der Waals surface area contributed by atoms with Crippen LogP contribution in [0.2, 0.25) is 0 Å². The molecule has 4 rings (SSSR count). The molecule has 162 valence electrons. The minimum absolute atomic E-state index is 0.218. The fraction of sp³-hybridized carbons (Fsp3) is 0.0833. The first-order valence-electron chi connectivity index (χ1n) is 9.77. The third-order valence-corrected chi connectivity index (χ3v) is 4.66. The molecule has 1 aromatic heterocycles. The third-order valence-electron chi connectivity index (χ3n) is 4.66. The smallest absolute Gasteiger partial charge is 0.355 e. The second-order valence-corrected chi connectivity index (χ2v) is 7.19. The van der Waals surface area contributed by atoms with Gasteiger partial charge < -0.3 is 10.6 Å². The Bertz CT molecular complexity index is 1250. The fourth-order valence-corrected chi connectivity index (χ4v) is 3.20. The molecule has 3 aromatic carbocycles. The van der Waals surface area contributed by atoms with Gasteiger partial charge in [-0.1, -0.05) is 36.4 Å². The third kappa shape index (κ3) is 4.80. The van der Waals surface area contributed by atoms with Crippen molar-refractivity contribution >= 4 is 23.0 Å². The van der Waals surface area contributed by atoms with E-state index in [1.54, 1.807) is 36.4 Å². The number of halogens is 3. The van der Waals surface area contributed by atoms with Crippen LogP contribution in [0.3, 0.4) is 0 Å². The Morgan fingerprint density at radius 3 is 2.25 bits per heavy atom. The first-order chi connectivity index (χ1) is 15.3. The quantitative estimate of drug-likeness (QED) is 0.392. The van der Waals surface area contributed by atoms with Crippen LogP contribution >= 0.6 is 0 Å². The number of alkyl halides is 3. The van der Waals surface area contributed by atoms with E-state index >= 15 is 0 Å². The van der Waals surface area contributed by atoms with Crippen LogP contribution in [0.25, 0.3) is 5.69 Å². The lowest BCUT2D eigenvalue weighted by molar-refractivity contribution is -0.141. The van der Waals surface area contributed by atoms with Crippen LogP contribution in [0.1, 0.15) is 21.7 Å². The number of hydrogen-bond acceptors (Lipinski definition) is 3. The molecule has 0 radical (unpaired) electrons. The zero-order valence-electron chi connectivity index (χ0n) is 17.0. The van der Waals surface area contributed by atoms with Crippen LogP contribution < -0.4 is 10.6 Å². The number of anilines is 3. The summed E-state index contributed by atoms with van der Waals surface area (Å²) in [5.41, 5.74) is 1.86. The average molecular weight is 436 g/mol. The maximum atomic E-state index is 13.3. The summed E-state index contributed by atoms with van der Waals surface area (Å²) in [4.78, 5) is 12.9. The Kier molecular flexibility index (Phi) is 5.68. The summed E-state index contributed by atoms with van der Waals surface area (Å²) in [5, 5.41) is 9.52. The van der Waals surface area contributed by atoms with Gasteiger partial charge in [0.15, 0.2) is 5.69 Å². The van der Waals surface area contributed by atoms with Crippen molar-refractivity contribution in [1.29, 1.82) is 0 Å². The van der Waals surface area contributed by atoms with E-state index < -0.39 is 17.8 Å². The van der Waals surface area contributed by atoms with Crippen LogP contribution in [-0.4, -0.2) is 15.7 Å². The summed E-state index contributed by atoms with van der Waals surface area (Å²) >= 11 is 0. The second kappa shape index (κ2) is 8.58. The molecule has 0 aliphatic carbocycles. The van der Waals surface area contributed by atoms with Crippen molar-refractivity contribution < 1.29 is 18.0 Å². The molecule has 0 bridgehead atoms. The molecule has 0 saturated carbocycles. The molecule has 0 spiro atoms. The molecule has 0 aliphatic rings. The summed E-state index contributed by atoms with van der Waals surface area (Å²) in [6, 6.07) is 23.9. The van der Waals surface area contributed by atoms with E-state index in [1.807, 2.05) is 49.4 Å². The molecule has 1 amide bonds. The molecule has 8 heteroatoms. The molecule has 0 unspecified atom stereocenters. The fourth-order valence-electron chi connectivity index (χ4n) is 3.20. The van der Waals surface area contributed by atoms with Gasteiger partial charge in [0, 0.05) is 23.1 Å². The zero-order valence-corrected chi connectivity index (χ0v) is 17.0. The molecule has 0 atom stereocenters. The van der Waals surface area contributed by atoms with Gasteiger partial charge in [0.25, 0.3) is 5.91 Å². The Morgan fingerprint density at radius 1 is 0.844 bits per heavy atom. The van der Waals surface area contributed by atoms with Crippen molar-refractivity contribution in [3.8, 4) is 5.69 Å². The molecule has 2 N–H and O–H groups in total. The molecular weight excluding hydrogens is 417 g/mol. The van der Waals surface area contributed by atoms with E-state index in [1.165, 1.54) is 0 Å². The van der Waals surface area contributed by atoms with E-state index in [9.17, 15) is 18.0 Å². The lowest BCUT2D eigenvalue weighted by atomic mass is 10.2. The molecule has 0 aliphatic heterocycles. The van der Waals surface area contributed by atoms with E-state index in [0.29, 0.717) is 11.4 Å². The number of nitrogens with zero attached hydrogens (tertiary/aromatic N) is 2. The van der Waals surface area contributed by atoms with Crippen LogP contribution in [0.5, 0.6) is 0 Å². The van der Waals surface area contributed by atoms with Crippen molar-refractivity contribution in [2.45, 2.75) is 13.1 Å². The Morgan fingerprint density at radius 2 is 1.53 bits per heavy atom. The van der Waals surface area contributed by atoms with Crippen molar-refractivity contribution in [2.24, 2.45) is 0 Å². The van der Waals surface area contributed by atoms with Gasteiger partial charge in [-0.2, -0.15) is 18.3 Å². The highest BCUT2D eigenvalue weighted by Gasteiger charge is 2.36. The number of hydrogen-bond donors (Lipinski definition) is 2. The van der Waals surface area contributed by atoms with E-state index in [4.69, 9.17) is 0 Å². The predicted molar refractivity (Wildman–Crippen MR) is 117 cm³/mol. The highest BCUT2D eigenvalue weighted by Crippen LogP contribution is 2.30. The van der Waals surface area contributed by atoms with Gasteiger partial charge in [-0.25, -0.2) is 4.68 Å². The molecule has 0 saturated heterocycles. The van der Waals surface area contributed by atoms with Crippen LogP contribution in [0.4, 0.5) is 30.2 Å². The van der Waals surface area contributed by atoms with Gasteiger partial charge in [-0.15, -0.1) is 0 Å². The summed E-state index contributed by atoms with van der Waals surface area (Å²) < 4.78 is 40.9. The summed E-state index contributed by atoms with van der Waals surface area (Å²) in [5.74, 6) is -0.702. The van der Waals surface area contributed by atoms with Gasteiger partial charge >= 0.3 is 6.18 Å². The van der Waals surface area contributed by atoms with Gasteiger partial charge in [-0.05, 0) is 55.0 Å². The number of para-hydroxylation sites is 1. The number of rotatable bonds is 5. The number of nitrogens with one attached hydrogen (secondary N) is 2. The maximum absolute atomic E-state index is 13.3. The maximum Gasteiger partial charge on any atom is 0.435 e. The van der Waals surface area contributed by atoms with E-state index in [-0.39, 0.29) is 5.69 Å². The number of carbonyl (C=O) groups is 1. The van der Waals surface area contributed by atoms with E-state index in [2.05, 4.69) is 15.7 Å². The zero-order chi connectivity index (χ0) is 22.7. The van der Waals surface area contributed by atoms with Crippen molar-refractivity contribution in [3.63, 3.8) is 0 Å². The largest absolute Gasteiger partial charge is 0.435 e. The molecule has 4 aromatic rings. The Labute approximate surface area is 182 Å². The summed E-state index contributed by atoms with van der Waals surface area (Å²) in [6.07, 6.45) is -4.68. The average Bonchev–Trinajstić information content (AvgIpc) is 3.21. The lowest BCUT2D eigenvalue weighted by Crippen LogP contribution is -2.17. The monoisotopic (exact) mass is 436 g/mol. The van der Waals surface area contributed by atoms with Crippen molar-refractivity contribution in [2.75, 3.05) is 10.6 Å². The van der Waals surface area contributed by atoms with Crippen molar-refractivity contribution in [3.05, 3.63) is 102 Å². The number of aryl methyl sites for hydroxylation is 1. The first kappa shape index (κ1) is 21.2. The minimum atomic E-state index is -4.68. The number of amides is 1.